The van der Waals surface area contributed by atoms with Crippen molar-refractivity contribution in [3.05, 3.63) is 29.3 Å². The fraction of sp³-hybridized carbons (Fsp3) is 0.524. The van der Waals surface area contributed by atoms with Crippen LogP contribution in [0.1, 0.15) is 49.7 Å². The Kier molecular flexibility index (Phi) is 6.20. The minimum atomic E-state index is -0.733. The van der Waals surface area contributed by atoms with E-state index in [1.807, 2.05) is 32.0 Å². The Morgan fingerprint density at radius 2 is 1.93 bits per heavy atom. The number of nitrogens with zero attached hydrogens (tertiary/aromatic N) is 1. The molecule has 1 aliphatic heterocycles. The Bertz CT molecular complexity index is 830. The molecule has 0 aromatic heterocycles. The van der Waals surface area contributed by atoms with Crippen LogP contribution in [-0.2, 0) is 19.1 Å². The summed E-state index contributed by atoms with van der Waals surface area (Å²) < 4.78 is 5.00. The number of carbonyl (C=O) groups excluding carboxylic acids is 4. The molecular formula is C21H27N3O5. The molecule has 8 heteroatoms. The zero-order chi connectivity index (χ0) is 21.0. The van der Waals surface area contributed by atoms with Crippen molar-refractivity contribution in [1.29, 1.82) is 0 Å². The lowest BCUT2D eigenvalue weighted by molar-refractivity contribution is -0.147. The number of imide groups is 1. The first-order valence-corrected chi connectivity index (χ1v) is 9.97. The van der Waals surface area contributed by atoms with Crippen molar-refractivity contribution in [2.24, 2.45) is 0 Å². The highest BCUT2D eigenvalue weighted by Gasteiger charge is 2.52. The first-order chi connectivity index (χ1) is 13.8. The minimum Gasteiger partial charge on any atom is -0.456 e. The smallest absolute Gasteiger partial charge is 0.325 e. The van der Waals surface area contributed by atoms with Crippen LogP contribution in [0.3, 0.4) is 0 Å². The average Bonchev–Trinajstić information content (AvgIpc) is 3.23. The van der Waals surface area contributed by atoms with Gasteiger partial charge in [-0.25, -0.2) is 4.79 Å². The van der Waals surface area contributed by atoms with Crippen molar-refractivity contribution >= 4 is 29.5 Å². The molecule has 2 aliphatic rings. The van der Waals surface area contributed by atoms with Gasteiger partial charge in [-0.2, -0.15) is 0 Å². The molecule has 2 N–H and O–H groups in total. The molecule has 156 valence electrons. The number of amides is 4. The van der Waals surface area contributed by atoms with E-state index >= 15 is 0 Å². The summed E-state index contributed by atoms with van der Waals surface area (Å²) in [4.78, 5) is 49.7. The summed E-state index contributed by atoms with van der Waals surface area (Å²) in [5.41, 5.74) is 1.89. The fourth-order valence-electron chi connectivity index (χ4n) is 3.85. The molecule has 0 bridgehead atoms. The van der Waals surface area contributed by atoms with E-state index in [-0.39, 0.29) is 25.5 Å². The molecule has 1 aromatic rings. The molecule has 8 nitrogen and oxygen atoms in total. The number of benzene rings is 1. The molecule has 1 aromatic carbocycles. The van der Waals surface area contributed by atoms with Crippen LogP contribution in [0.2, 0.25) is 0 Å². The van der Waals surface area contributed by atoms with Crippen LogP contribution in [0.5, 0.6) is 0 Å². The Hall–Kier alpha value is -2.90. The van der Waals surface area contributed by atoms with Crippen molar-refractivity contribution < 1.29 is 23.9 Å². The number of anilines is 1. The van der Waals surface area contributed by atoms with Crippen LogP contribution in [0.25, 0.3) is 0 Å². The van der Waals surface area contributed by atoms with Gasteiger partial charge in [-0.15, -0.1) is 0 Å². The molecule has 0 atom stereocenters. The second kappa shape index (κ2) is 8.63. The maximum Gasteiger partial charge on any atom is 0.325 e. The molecule has 3 rings (SSSR count). The largest absolute Gasteiger partial charge is 0.456 e. The number of nitrogens with one attached hydrogen (secondary N) is 2. The van der Waals surface area contributed by atoms with Gasteiger partial charge in [0.2, 0.25) is 0 Å². The second-order valence-corrected chi connectivity index (χ2v) is 7.81. The van der Waals surface area contributed by atoms with Crippen molar-refractivity contribution in [3.63, 3.8) is 0 Å². The number of hydrogen-bond acceptors (Lipinski definition) is 5. The molecule has 1 saturated carbocycles. The average molecular weight is 401 g/mol. The SMILES string of the molecule is Cc1ccc(C)c(NC(=O)COC(=O)CCCN2C(=O)NC3(CCCC3)C2=O)c1. The number of rotatable bonds is 7. The molecule has 2 fully saturated rings. The highest BCUT2D eigenvalue weighted by molar-refractivity contribution is 6.07. The lowest BCUT2D eigenvalue weighted by Crippen LogP contribution is -2.44. The number of ether oxygens (including phenoxy) is 1. The van der Waals surface area contributed by atoms with Gasteiger partial charge in [0.25, 0.3) is 11.8 Å². The topological polar surface area (TPSA) is 105 Å². The summed E-state index contributed by atoms with van der Waals surface area (Å²) in [5.74, 6) is -1.14. The summed E-state index contributed by atoms with van der Waals surface area (Å²) in [7, 11) is 0. The summed E-state index contributed by atoms with van der Waals surface area (Å²) >= 11 is 0. The van der Waals surface area contributed by atoms with Crippen LogP contribution in [-0.4, -0.2) is 47.4 Å². The first kappa shape index (κ1) is 20.8. The van der Waals surface area contributed by atoms with E-state index < -0.39 is 23.4 Å². The van der Waals surface area contributed by atoms with Crippen LogP contribution in [0.15, 0.2) is 18.2 Å². The van der Waals surface area contributed by atoms with E-state index in [2.05, 4.69) is 10.6 Å². The summed E-state index contributed by atoms with van der Waals surface area (Å²) in [6, 6.07) is 5.32. The van der Waals surface area contributed by atoms with E-state index in [1.54, 1.807) is 0 Å². The molecule has 0 radical (unpaired) electrons. The van der Waals surface area contributed by atoms with E-state index in [1.165, 1.54) is 4.90 Å². The third kappa shape index (κ3) is 4.75. The fourth-order valence-corrected chi connectivity index (χ4v) is 3.85. The highest BCUT2D eigenvalue weighted by atomic mass is 16.5. The van der Waals surface area contributed by atoms with Gasteiger partial charge < -0.3 is 15.4 Å². The zero-order valence-corrected chi connectivity index (χ0v) is 16.9. The van der Waals surface area contributed by atoms with E-state index in [0.717, 1.165) is 24.0 Å². The van der Waals surface area contributed by atoms with Crippen molar-refractivity contribution in [2.75, 3.05) is 18.5 Å². The lowest BCUT2D eigenvalue weighted by atomic mass is 9.98. The summed E-state index contributed by atoms with van der Waals surface area (Å²) in [6.45, 7) is 3.59. The molecular weight excluding hydrogens is 374 g/mol. The number of esters is 1. The molecule has 4 amide bonds. The third-order valence-corrected chi connectivity index (χ3v) is 5.50. The van der Waals surface area contributed by atoms with Gasteiger partial charge in [0.1, 0.15) is 5.54 Å². The molecule has 0 unspecified atom stereocenters. The predicted molar refractivity (Wildman–Crippen MR) is 106 cm³/mol. The highest BCUT2D eigenvalue weighted by Crippen LogP contribution is 2.35. The third-order valence-electron chi connectivity index (χ3n) is 5.50. The van der Waals surface area contributed by atoms with E-state index in [0.29, 0.717) is 24.9 Å². The van der Waals surface area contributed by atoms with Crippen LogP contribution < -0.4 is 10.6 Å². The van der Waals surface area contributed by atoms with Gasteiger partial charge in [0.05, 0.1) is 0 Å². The summed E-state index contributed by atoms with van der Waals surface area (Å²) in [6.07, 6.45) is 3.53. The normalized spacial score (nSPS) is 17.5. The zero-order valence-electron chi connectivity index (χ0n) is 16.9. The molecule has 1 spiro atoms. The number of hydrogen-bond donors (Lipinski definition) is 2. The Labute approximate surface area is 170 Å². The monoisotopic (exact) mass is 401 g/mol. The number of carbonyl (C=O) groups is 4. The predicted octanol–water partition coefficient (Wildman–Crippen LogP) is 2.43. The van der Waals surface area contributed by atoms with Crippen molar-refractivity contribution in [2.45, 2.75) is 57.9 Å². The minimum absolute atomic E-state index is 0.0286. The number of urea groups is 1. The van der Waals surface area contributed by atoms with Gasteiger partial charge in [0, 0.05) is 18.7 Å². The van der Waals surface area contributed by atoms with Gasteiger partial charge in [0.15, 0.2) is 6.61 Å². The van der Waals surface area contributed by atoms with Gasteiger partial charge >= 0.3 is 12.0 Å². The molecule has 1 aliphatic carbocycles. The van der Waals surface area contributed by atoms with Crippen LogP contribution in [0.4, 0.5) is 10.5 Å². The van der Waals surface area contributed by atoms with Crippen LogP contribution >= 0.6 is 0 Å². The Balaban J connectivity index is 1.39. The van der Waals surface area contributed by atoms with Gasteiger partial charge in [-0.05, 0) is 50.3 Å². The summed E-state index contributed by atoms with van der Waals surface area (Å²) in [5, 5.41) is 5.53. The van der Waals surface area contributed by atoms with Crippen molar-refractivity contribution in [3.8, 4) is 0 Å². The first-order valence-electron chi connectivity index (χ1n) is 9.97. The quantitative estimate of drug-likeness (QED) is 0.539. The lowest BCUT2D eigenvalue weighted by Gasteiger charge is -2.19. The van der Waals surface area contributed by atoms with E-state index in [4.69, 9.17) is 4.74 Å². The van der Waals surface area contributed by atoms with Crippen molar-refractivity contribution in [1.82, 2.24) is 10.2 Å². The standard InChI is InChI=1S/C21H27N3O5/c1-14-7-8-15(2)16(12-14)22-17(25)13-29-18(26)6-5-11-24-19(27)21(23-20(24)28)9-3-4-10-21/h7-8,12H,3-6,9-11,13H2,1-2H3,(H,22,25)(H,23,28). The maximum atomic E-state index is 12.5. The van der Waals surface area contributed by atoms with Crippen LogP contribution in [0, 0.1) is 13.8 Å². The Morgan fingerprint density at radius 3 is 2.66 bits per heavy atom. The van der Waals surface area contributed by atoms with Gasteiger partial charge in [-0.1, -0.05) is 25.0 Å². The van der Waals surface area contributed by atoms with E-state index in [9.17, 15) is 19.2 Å². The molecule has 1 saturated heterocycles. The molecule has 29 heavy (non-hydrogen) atoms. The van der Waals surface area contributed by atoms with Gasteiger partial charge in [-0.3, -0.25) is 19.3 Å². The Morgan fingerprint density at radius 1 is 1.21 bits per heavy atom. The maximum absolute atomic E-state index is 12.5. The second-order valence-electron chi connectivity index (χ2n) is 7.81. The molecule has 1 heterocycles. The number of aryl methyl sites for hydroxylation is 2.